The highest BCUT2D eigenvalue weighted by Gasteiger charge is 2.36. The number of hydrogen-bond acceptors (Lipinski definition) is 3. The Bertz CT molecular complexity index is 623. The van der Waals surface area contributed by atoms with E-state index in [4.69, 9.17) is 0 Å². The van der Waals surface area contributed by atoms with Crippen LogP contribution in [0.3, 0.4) is 0 Å². The first-order valence-electron chi connectivity index (χ1n) is 7.84. The highest BCUT2D eigenvalue weighted by Crippen LogP contribution is 2.22. The lowest BCUT2D eigenvalue weighted by atomic mass is 9.87. The van der Waals surface area contributed by atoms with Gasteiger partial charge in [-0.2, -0.15) is 0 Å². The SMILES string of the molecule is O=C(C[C@H]1N[C@H]2CCCC[C@@H]2NC1=O)Nc1ccc(F)c(F)c1. The minimum Gasteiger partial charge on any atom is -0.350 e. The minimum absolute atomic E-state index is 0.0476. The minimum atomic E-state index is -1.03. The van der Waals surface area contributed by atoms with Gasteiger partial charge in [0, 0.05) is 23.8 Å². The Kier molecular flexibility index (Phi) is 4.56. The van der Waals surface area contributed by atoms with Crippen LogP contribution in [0.2, 0.25) is 0 Å². The van der Waals surface area contributed by atoms with Gasteiger partial charge in [0.05, 0.1) is 12.5 Å². The Morgan fingerprint density at radius 3 is 2.65 bits per heavy atom. The highest BCUT2D eigenvalue weighted by atomic mass is 19.2. The number of piperazine rings is 1. The van der Waals surface area contributed by atoms with Crippen LogP contribution < -0.4 is 16.0 Å². The van der Waals surface area contributed by atoms with Crippen molar-refractivity contribution >= 4 is 17.5 Å². The largest absolute Gasteiger partial charge is 0.350 e. The Morgan fingerprint density at radius 1 is 1.17 bits per heavy atom. The first-order chi connectivity index (χ1) is 11.0. The van der Waals surface area contributed by atoms with Crippen molar-refractivity contribution in [1.82, 2.24) is 10.6 Å². The molecule has 3 atom stereocenters. The molecule has 1 aromatic carbocycles. The zero-order valence-corrected chi connectivity index (χ0v) is 12.6. The summed E-state index contributed by atoms with van der Waals surface area (Å²) in [6.07, 6.45) is 4.10. The van der Waals surface area contributed by atoms with Gasteiger partial charge in [-0.05, 0) is 25.0 Å². The zero-order chi connectivity index (χ0) is 16.4. The first-order valence-corrected chi connectivity index (χ1v) is 7.84. The van der Waals surface area contributed by atoms with Gasteiger partial charge in [-0.1, -0.05) is 12.8 Å². The molecule has 2 amide bonds. The molecule has 0 aromatic heterocycles. The second kappa shape index (κ2) is 6.62. The number of benzene rings is 1. The summed E-state index contributed by atoms with van der Waals surface area (Å²) in [6.45, 7) is 0. The van der Waals surface area contributed by atoms with E-state index in [0.29, 0.717) is 0 Å². The first kappa shape index (κ1) is 15.9. The summed E-state index contributed by atoms with van der Waals surface area (Å²) in [6, 6.07) is 2.88. The lowest BCUT2D eigenvalue weighted by Gasteiger charge is -2.40. The van der Waals surface area contributed by atoms with Crippen molar-refractivity contribution in [2.75, 3.05) is 5.32 Å². The van der Waals surface area contributed by atoms with Gasteiger partial charge < -0.3 is 16.0 Å². The zero-order valence-electron chi connectivity index (χ0n) is 12.6. The summed E-state index contributed by atoms with van der Waals surface area (Å²) >= 11 is 0. The van der Waals surface area contributed by atoms with E-state index in [1.807, 2.05) is 0 Å². The van der Waals surface area contributed by atoms with E-state index in [0.717, 1.165) is 37.8 Å². The molecule has 2 aliphatic rings. The Morgan fingerprint density at radius 2 is 1.91 bits per heavy atom. The van der Waals surface area contributed by atoms with Gasteiger partial charge in [0.25, 0.3) is 0 Å². The normalized spacial score (nSPS) is 27.0. The molecule has 1 saturated heterocycles. The van der Waals surface area contributed by atoms with Crippen molar-refractivity contribution in [3.63, 3.8) is 0 Å². The number of rotatable bonds is 3. The number of nitrogens with one attached hydrogen (secondary N) is 3. The van der Waals surface area contributed by atoms with Crippen molar-refractivity contribution in [2.24, 2.45) is 0 Å². The van der Waals surface area contributed by atoms with Crippen LogP contribution >= 0.6 is 0 Å². The average Bonchev–Trinajstić information content (AvgIpc) is 2.51. The maximum Gasteiger partial charge on any atom is 0.237 e. The molecule has 0 radical (unpaired) electrons. The molecular weight excluding hydrogens is 304 g/mol. The van der Waals surface area contributed by atoms with Crippen molar-refractivity contribution in [2.45, 2.75) is 50.2 Å². The maximum absolute atomic E-state index is 13.1. The van der Waals surface area contributed by atoms with E-state index in [1.165, 1.54) is 6.07 Å². The Hall–Kier alpha value is -2.02. The molecule has 1 aliphatic carbocycles. The molecule has 5 nitrogen and oxygen atoms in total. The van der Waals surface area contributed by atoms with Gasteiger partial charge in [-0.15, -0.1) is 0 Å². The standard InChI is InChI=1S/C16H19F2N3O2/c17-10-6-5-9(7-11(10)18)19-15(22)8-14-16(23)21-13-4-2-1-3-12(13)20-14/h5-7,12-14,20H,1-4,8H2,(H,19,22)(H,21,23)/t12-,13-,14+/m0/s1. The van der Waals surface area contributed by atoms with Gasteiger partial charge in [0.2, 0.25) is 11.8 Å². The van der Waals surface area contributed by atoms with Crippen LogP contribution in [-0.4, -0.2) is 29.9 Å². The van der Waals surface area contributed by atoms with E-state index in [-0.39, 0.29) is 30.1 Å². The summed E-state index contributed by atoms with van der Waals surface area (Å²) in [5.74, 6) is -2.60. The van der Waals surface area contributed by atoms with Crippen molar-refractivity contribution in [3.8, 4) is 0 Å². The fourth-order valence-corrected chi connectivity index (χ4v) is 3.24. The van der Waals surface area contributed by atoms with Gasteiger partial charge in [0.1, 0.15) is 0 Å². The summed E-state index contributed by atoms with van der Waals surface area (Å²) in [4.78, 5) is 24.1. The third-order valence-corrected chi connectivity index (χ3v) is 4.42. The number of fused-ring (bicyclic) bond motifs is 1. The lowest BCUT2D eigenvalue weighted by Crippen LogP contribution is -2.65. The van der Waals surface area contributed by atoms with Crippen LogP contribution in [0.4, 0.5) is 14.5 Å². The van der Waals surface area contributed by atoms with E-state index < -0.39 is 23.6 Å². The van der Waals surface area contributed by atoms with Crippen molar-refractivity contribution in [3.05, 3.63) is 29.8 Å². The molecular formula is C16H19F2N3O2. The molecule has 1 saturated carbocycles. The molecule has 0 unspecified atom stereocenters. The Labute approximate surface area is 132 Å². The van der Waals surface area contributed by atoms with Crippen LogP contribution in [0.1, 0.15) is 32.1 Å². The molecule has 3 N–H and O–H groups in total. The number of carbonyl (C=O) groups excluding carboxylic acids is 2. The molecule has 1 heterocycles. The molecule has 0 bridgehead atoms. The van der Waals surface area contributed by atoms with Crippen LogP contribution in [0.5, 0.6) is 0 Å². The molecule has 2 fully saturated rings. The predicted octanol–water partition coefficient (Wildman–Crippen LogP) is 1.69. The smallest absolute Gasteiger partial charge is 0.237 e. The highest BCUT2D eigenvalue weighted by molar-refractivity contribution is 5.95. The molecule has 124 valence electrons. The summed E-state index contributed by atoms with van der Waals surface area (Å²) in [5, 5.41) is 8.68. The lowest BCUT2D eigenvalue weighted by molar-refractivity contribution is -0.129. The van der Waals surface area contributed by atoms with E-state index in [1.54, 1.807) is 0 Å². The summed E-state index contributed by atoms with van der Waals surface area (Å²) < 4.78 is 26.0. The molecule has 0 spiro atoms. The van der Waals surface area contributed by atoms with E-state index in [2.05, 4.69) is 16.0 Å². The number of hydrogen-bond donors (Lipinski definition) is 3. The topological polar surface area (TPSA) is 70.2 Å². The van der Waals surface area contributed by atoms with Gasteiger partial charge in [-0.25, -0.2) is 8.78 Å². The second-order valence-electron chi connectivity index (χ2n) is 6.11. The van der Waals surface area contributed by atoms with Crippen LogP contribution in [0, 0.1) is 11.6 Å². The third kappa shape index (κ3) is 3.67. The maximum atomic E-state index is 13.1. The number of anilines is 1. The molecule has 1 aromatic rings. The third-order valence-electron chi connectivity index (χ3n) is 4.42. The van der Waals surface area contributed by atoms with Crippen LogP contribution in [0.25, 0.3) is 0 Å². The van der Waals surface area contributed by atoms with Crippen molar-refractivity contribution in [1.29, 1.82) is 0 Å². The fraction of sp³-hybridized carbons (Fsp3) is 0.500. The Balaban J connectivity index is 1.58. The van der Waals surface area contributed by atoms with E-state index in [9.17, 15) is 18.4 Å². The number of carbonyl (C=O) groups is 2. The van der Waals surface area contributed by atoms with Gasteiger partial charge in [-0.3, -0.25) is 9.59 Å². The monoisotopic (exact) mass is 323 g/mol. The quantitative estimate of drug-likeness (QED) is 0.793. The van der Waals surface area contributed by atoms with Crippen LogP contribution in [-0.2, 0) is 9.59 Å². The number of amides is 2. The number of halogens is 2. The molecule has 7 heteroatoms. The fourth-order valence-electron chi connectivity index (χ4n) is 3.24. The molecule has 23 heavy (non-hydrogen) atoms. The van der Waals surface area contributed by atoms with E-state index >= 15 is 0 Å². The molecule has 1 aliphatic heterocycles. The second-order valence-corrected chi connectivity index (χ2v) is 6.11. The summed E-state index contributed by atoms with van der Waals surface area (Å²) in [7, 11) is 0. The average molecular weight is 323 g/mol. The van der Waals surface area contributed by atoms with Gasteiger partial charge >= 0.3 is 0 Å². The molecule has 3 rings (SSSR count). The van der Waals surface area contributed by atoms with Crippen molar-refractivity contribution < 1.29 is 18.4 Å². The van der Waals surface area contributed by atoms with Gasteiger partial charge in [0.15, 0.2) is 11.6 Å². The van der Waals surface area contributed by atoms with Crippen LogP contribution in [0.15, 0.2) is 18.2 Å². The predicted molar refractivity (Wildman–Crippen MR) is 80.7 cm³/mol. The summed E-state index contributed by atoms with van der Waals surface area (Å²) in [5.41, 5.74) is 0.167.